The van der Waals surface area contributed by atoms with E-state index < -0.39 is 70.4 Å². The minimum Gasteiger partial charge on any atom is -0.370 e. The van der Waals surface area contributed by atoms with Crippen LogP contribution in [0.4, 0.5) is 0 Å². The van der Waals surface area contributed by atoms with Gasteiger partial charge in [-0.3, -0.25) is 0 Å². The van der Waals surface area contributed by atoms with Crippen molar-refractivity contribution in [1.29, 1.82) is 0 Å². The zero-order valence-electron chi connectivity index (χ0n) is 39.1. The van der Waals surface area contributed by atoms with Gasteiger partial charge in [-0.05, 0) is 17.8 Å². The second-order valence-corrected chi connectivity index (χ2v) is 42.8. The number of hydrogen-bond acceptors (Lipinski definition) is 12. The highest BCUT2D eigenvalue weighted by atomic mass is 28.6. The third kappa shape index (κ3) is 8.14. The monoisotopic (exact) mass is 1070 g/mol. The van der Waals surface area contributed by atoms with E-state index in [9.17, 15) is 0 Å². The van der Waals surface area contributed by atoms with Crippen molar-refractivity contribution in [3.8, 4) is 0 Å². The lowest BCUT2D eigenvalue weighted by Crippen LogP contribution is -2.95. The molecule has 13 rings (SSSR count). The number of hydrogen-bond donors (Lipinski definition) is 0. The first kappa shape index (κ1) is 46.8. The lowest BCUT2D eigenvalue weighted by atomic mass is 9.86. The van der Waals surface area contributed by atoms with Crippen molar-refractivity contribution in [1.82, 2.24) is 0 Å². The summed E-state index contributed by atoms with van der Waals surface area (Å²) < 4.78 is 98.0. The second-order valence-electron chi connectivity index (χ2n) is 19.4. The van der Waals surface area contributed by atoms with Crippen LogP contribution in [0.1, 0.15) is 34.1 Å². The van der Waals surface area contributed by atoms with Crippen LogP contribution in [0.2, 0.25) is 6.04 Å². The molecule has 0 radical (unpaired) electrons. The Hall–Kier alpha value is -4.20. The van der Waals surface area contributed by atoms with E-state index in [1.165, 1.54) is 0 Å². The molecule has 20 heteroatoms. The molecule has 7 aromatic carbocycles. The summed E-state index contributed by atoms with van der Waals surface area (Å²) in [4.78, 5) is 0. The van der Waals surface area contributed by atoms with Crippen LogP contribution in [0.15, 0.2) is 212 Å². The van der Waals surface area contributed by atoms with Crippen molar-refractivity contribution < 1.29 is 49.4 Å². The highest BCUT2D eigenvalue weighted by Crippen LogP contribution is 2.50. The van der Waals surface area contributed by atoms with Gasteiger partial charge in [0.15, 0.2) is 0 Å². The molecular weight excluding hydrogens is 1020 g/mol. The summed E-state index contributed by atoms with van der Waals surface area (Å²) in [5.74, 6) is -0.0524. The zero-order valence-corrected chi connectivity index (χ0v) is 47.1. The van der Waals surface area contributed by atoms with Crippen LogP contribution in [-0.2, 0) is 49.4 Å². The van der Waals surface area contributed by atoms with E-state index in [2.05, 4.69) is 27.7 Å². The molecule has 0 aromatic heterocycles. The predicted molar refractivity (Wildman–Crippen MR) is 280 cm³/mol. The maximum Gasteiger partial charge on any atom is 0.515 e. The van der Waals surface area contributed by atoms with Crippen LogP contribution in [0.25, 0.3) is 0 Å². The van der Waals surface area contributed by atoms with E-state index in [0.29, 0.717) is 36.3 Å². The third-order valence-corrected chi connectivity index (χ3v) is 47.5. The first-order valence-electron chi connectivity index (χ1n) is 23.6. The molecule has 7 aromatic rings. The zero-order chi connectivity index (χ0) is 47.8. The van der Waals surface area contributed by atoms with Gasteiger partial charge in [0.1, 0.15) is 0 Å². The van der Waals surface area contributed by atoms with Crippen LogP contribution in [0.3, 0.4) is 0 Å². The Labute approximate surface area is 417 Å². The average Bonchev–Trinajstić information content (AvgIpc) is 3.35. The van der Waals surface area contributed by atoms with Gasteiger partial charge in [0, 0.05) is 42.4 Å². The van der Waals surface area contributed by atoms with Crippen LogP contribution >= 0.6 is 0 Å². The molecule has 12 nitrogen and oxygen atoms in total. The lowest BCUT2D eigenvalue weighted by Gasteiger charge is -2.63. The summed E-state index contributed by atoms with van der Waals surface area (Å²) in [7, 11) is -37.4. The molecule has 6 fully saturated rings. The van der Waals surface area contributed by atoms with Gasteiger partial charge >= 0.3 is 70.4 Å². The molecule has 1 unspecified atom stereocenters. The van der Waals surface area contributed by atoms with E-state index in [0.717, 1.165) is 6.42 Å². The summed E-state index contributed by atoms with van der Waals surface area (Å²) >= 11 is 0. The fourth-order valence-electron chi connectivity index (χ4n) is 10.1. The van der Waals surface area contributed by atoms with Crippen LogP contribution < -0.4 is 36.3 Å². The molecule has 0 N–H and O–H groups in total. The Morgan fingerprint density at radius 1 is 0.286 bits per heavy atom. The van der Waals surface area contributed by atoms with Gasteiger partial charge in [0.05, 0.1) is 0 Å². The van der Waals surface area contributed by atoms with Gasteiger partial charge in [0.2, 0.25) is 0 Å². The predicted octanol–water partition coefficient (Wildman–Crippen LogP) is 5.19. The largest absolute Gasteiger partial charge is 0.515 e. The molecule has 6 aliphatic heterocycles. The van der Waals surface area contributed by atoms with Crippen LogP contribution in [0, 0.1) is 11.3 Å². The molecule has 6 aliphatic rings. The quantitative estimate of drug-likeness (QED) is 0.168. The van der Waals surface area contributed by atoms with Gasteiger partial charge in [-0.15, -0.1) is 0 Å². The molecule has 0 amide bonds. The van der Waals surface area contributed by atoms with E-state index >= 15 is 0 Å². The fourth-order valence-corrected chi connectivity index (χ4v) is 56.9. The second kappa shape index (κ2) is 17.5. The minimum absolute atomic E-state index is 0.0524. The van der Waals surface area contributed by atoms with Crippen LogP contribution in [0.5, 0.6) is 0 Å². The van der Waals surface area contributed by atoms with E-state index in [1.54, 1.807) is 0 Å². The molecule has 70 heavy (non-hydrogen) atoms. The summed E-state index contributed by atoms with van der Waals surface area (Å²) in [6.45, 7) is 8.90. The standard InChI is InChI=1S/C50H52O12Si8/c1-42(40-50(2,3)4)41-63-51-64(43-26-12-5-13-27-43)54-67(46-32-18-8-19-33-46)56-65(52-63,44-28-14-6-15-29-44)58-69(48-36-22-10-23-37-48)59-66(53-63,45-30-16-7-17-31-45)57-68(55-64,47-34-20-9-21-35-47)61-70(60-67,62-69)49-38-24-11-25-39-49/h5-39,42H,40-41H2,1-4H3. The Morgan fingerprint density at radius 2 is 0.457 bits per heavy atom. The van der Waals surface area contributed by atoms with Crippen molar-refractivity contribution in [3.05, 3.63) is 212 Å². The van der Waals surface area contributed by atoms with E-state index in [1.807, 2.05) is 212 Å². The Bertz CT molecular complexity index is 2670. The highest BCUT2D eigenvalue weighted by molar-refractivity contribution is 7.13. The molecule has 0 aliphatic carbocycles. The van der Waals surface area contributed by atoms with E-state index in [-0.39, 0.29) is 17.4 Å². The Balaban J connectivity index is 1.29. The van der Waals surface area contributed by atoms with Gasteiger partial charge in [-0.1, -0.05) is 240 Å². The first-order valence-corrected chi connectivity index (χ1v) is 37.6. The summed E-state index contributed by atoms with van der Waals surface area (Å²) in [6.07, 6.45) is 0.789. The first-order chi connectivity index (χ1) is 33.8. The highest BCUT2D eigenvalue weighted by Gasteiger charge is 2.86. The smallest absolute Gasteiger partial charge is 0.370 e. The molecular formula is C50H52O12Si8. The van der Waals surface area contributed by atoms with Gasteiger partial charge in [-0.25, -0.2) is 0 Å². The minimum atomic E-state index is -4.72. The Morgan fingerprint density at radius 3 is 0.629 bits per heavy atom. The van der Waals surface area contributed by atoms with Crippen molar-refractivity contribution in [2.24, 2.45) is 11.3 Å². The molecule has 0 saturated carbocycles. The molecule has 6 saturated heterocycles. The topological polar surface area (TPSA) is 111 Å². The average molecular weight is 1070 g/mol. The summed E-state index contributed by atoms with van der Waals surface area (Å²) in [6, 6.07) is 68.4. The molecule has 6 heterocycles. The van der Waals surface area contributed by atoms with Crippen molar-refractivity contribution >= 4 is 107 Å². The van der Waals surface area contributed by atoms with E-state index in [4.69, 9.17) is 49.4 Å². The molecule has 1 atom stereocenters. The van der Waals surface area contributed by atoms with Crippen molar-refractivity contribution in [3.63, 3.8) is 0 Å². The fraction of sp³-hybridized carbons (Fsp3) is 0.160. The van der Waals surface area contributed by atoms with Crippen LogP contribution in [-0.4, -0.2) is 70.4 Å². The maximum atomic E-state index is 8.20. The SMILES string of the molecule is CC(CC(C)(C)C)C[Si]12O[Si]3(c4ccccc4)O[Si]4(c5ccccc5)O[Si](c5ccccc5)(O1)O[Si]1(c5ccccc5)O[Si](c5ccccc5)(O2)O[Si](c2ccccc2)(O3)O[Si](c2ccccc2)(O4)O1. The van der Waals surface area contributed by atoms with Gasteiger partial charge in [-0.2, -0.15) is 0 Å². The lowest BCUT2D eigenvalue weighted by molar-refractivity contribution is -0.00761. The summed E-state index contributed by atoms with van der Waals surface area (Å²) in [5, 5.41) is 4.22. The normalized spacial score (nSPS) is 33.8. The summed E-state index contributed by atoms with van der Waals surface area (Å²) in [5.41, 5.74) is -0.0870. The van der Waals surface area contributed by atoms with Crippen molar-refractivity contribution in [2.45, 2.75) is 40.2 Å². The molecule has 356 valence electrons. The third-order valence-electron chi connectivity index (χ3n) is 12.7. The maximum absolute atomic E-state index is 8.20. The van der Waals surface area contributed by atoms with Gasteiger partial charge in [0.25, 0.3) is 0 Å². The van der Waals surface area contributed by atoms with Gasteiger partial charge < -0.3 is 49.4 Å². The molecule has 8 bridgehead atoms. The number of benzene rings is 7. The van der Waals surface area contributed by atoms with Crippen molar-refractivity contribution in [2.75, 3.05) is 0 Å². The number of rotatable bonds is 10. The Kier molecular flexibility index (Phi) is 11.7. The molecule has 0 spiro atoms.